The summed E-state index contributed by atoms with van der Waals surface area (Å²) in [7, 11) is 0. The van der Waals surface area contributed by atoms with Gasteiger partial charge >= 0.3 is 0 Å². The van der Waals surface area contributed by atoms with Crippen LogP contribution in [0.2, 0.25) is 0 Å². The smallest absolute Gasteiger partial charge is 0.125 e. The van der Waals surface area contributed by atoms with Crippen LogP contribution in [0.25, 0.3) is 0 Å². The van der Waals surface area contributed by atoms with E-state index in [0.717, 1.165) is 6.42 Å². The maximum absolute atomic E-state index is 5.45. The molecule has 1 unspecified atom stereocenters. The van der Waals surface area contributed by atoms with E-state index in [9.17, 15) is 0 Å². The standard InChI is InChI=1S/C4H10Cl2NP/c1-3-4(2)7-8(5)6/h4,8H,3H2,1-2H3. The van der Waals surface area contributed by atoms with E-state index < -0.39 is 6.42 Å². The molecular formula is C4H10Cl2NP. The lowest BCUT2D eigenvalue weighted by molar-refractivity contribution is 0.727. The number of hydrogen-bond acceptors (Lipinski definition) is 1. The zero-order valence-electron chi connectivity index (χ0n) is 4.99. The van der Waals surface area contributed by atoms with E-state index in [2.05, 4.69) is 11.7 Å². The summed E-state index contributed by atoms with van der Waals surface area (Å²) in [5.74, 6) is 0. The molecule has 0 heterocycles. The zero-order valence-corrected chi connectivity index (χ0v) is 7.50. The van der Waals surface area contributed by atoms with Gasteiger partial charge in [0, 0.05) is 6.04 Å². The fourth-order valence-corrected chi connectivity index (χ4v) is 1.77. The molecule has 0 saturated carbocycles. The van der Waals surface area contributed by atoms with Gasteiger partial charge in [0.15, 0.2) is 0 Å². The summed E-state index contributed by atoms with van der Waals surface area (Å²) in [4.78, 5) is 0. The van der Waals surface area contributed by atoms with E-state index in [1.54, 1.807) is 0 Å². The highest BCUT2D eigenvalue weighted by Gasteiger charge is 1.91. The summed E-state index contributed by atoms with van der Waals surface area (Å²) in [6.07, 6.45) is -0.355. The Labute approximate surface area is 60.4 Å². The normalized spacial score (nSPS) is 14.1. The van der Waals surface area contributed by atoms with E-state index >= 15 is 0 Å². The Morgan fingerprint density at radius 3 is 2.25 bits per heavy atom. The van der Waals surface area contributed by atoms with Crippen LogP contribution in [-0.4, -0.2) is 6.04 Å². The quantitative estimate of drug-likeness (QED) is 0.568. The average molecular weight is 174 g/mol. The van der Waals surface area contributed by atoms with Gasteiger partial charge in [-0.1, -0.05) is 29.4 Å². The molecule has 0 aromatic carbocycles. The molecule has 0 aromatic heterocycles. The van der Waals surface area contributed by atoms with E-state index in [0.29, 0.717) is 6.04 Å². The van der Waals surface area contributed by atoms with Crippen LogP contribution in [0.4, 0.5) is 0 Å². The van der Waals surface area contributed by atoms with Crippen LogP contribution in [-0.2, 0) is 0 Å². The molecule has 1 atom stereocenters. The SMILES string of the molecule is CCC(C)N=[PH](Cl)Cl. The molecular weight excluding hydrogens is 164 g/mol. The van der Waals surface area contributed by atoms with Crippen molar-refractivity contribution in [3.63, 3.8) is 0 Å². The summed E-state index contributed by atoms with van der Waals surface area (Å²) in [6.45, 7) is 4.07. The van der Waals surface area contributed by atoms with E-state index in [1.807, 2.05) is 6.92 Å². The average Bonchev–Trinajstić information content (AvgIpc) is 1.65. The first-order valence-corrected chi connectivity index (χ1v) is 6.02. The van der Waals surface area contributed by atoms with Crippen molar-refractivity contribution < 1.29 is 0 Å². The minimum absolute atomic E-state index is 0.332. The maximum Gasteiger partial charge on any atom is 0.125 e. The van der Waals surface area contributed by atoms with Crippen molar-refractivity contribution in [2.75, 3.05) is 0 Å². The third-order valence-corrected chi connectivity index (χ3v) is 2.13. The molecule has 0 radical (unpaired) electrons. The van der Waals surface area contributed by atoms with Crippen LogP contribution in [0.15, 0.2) is 4.74 Å². The predicted octanol–water partition coefficient (Wildman–Crippen LogP) is 3.49. The lowest BCUT2D eigenvalue weighted by atomic mass is 10.3. The Morgan fingerprint density at radius 1 is 1.62 bits per heavy atom. The van der Waals surface area contributed by atoms with Gasteiger partial charge in [0.2, 0.25) is 0 Å². The molecule has 0 fully saturated rings. The van der Waals surface area contributed by atoms with Crippen LogP contribution >= 0.6 is 28.9 Å². The first-order valence-electron chi connectivity index (χ1n) is 2.55. The van der Waals surface area contributed by atoms with Crippen molar-refractivity contribution in [2.45, 2.75) is 26.3 Å². The zero-order chi connectivity index (χ0) is 6.57. The summed E-state index contributed by atoms with van der Waals surface area (Å²) in [5.41, 5.74) is 0. The molecule has 0 rings (SSSR count). The Bertz CT molecular complexity index is 90.0. The van der Waals surface area contributed by atoms with Gasteiger partial charge in [-0.05, 0) is 13.3 Å². The molecule has 0 N–H and O–H groups in total. The molecule has 0 saturated heterocycles. The molecule has 8 heavy (non-hydrogen) atoms. The number of hydrogen-bond donors (Lipinski definition) is 0. The molecule has 0 spiro atoms. The fourth-order valence-electron chi connectivity index (χ4n) is 0.258. The Hall–Kier alpha value is 0.810. The molecule has 0 aliphatic rings. The third kappa shape index (κ3) is 4.96. The Kier molecular flexibility index (Phi) is 5.14. The summed E-state index contributed by atoms with van der Waals surface area (Å²) >= 11 is 10.9. The molecule has 0 aromatic rings. The molecule has 0 bridgehead atoms. The molecule has 1 nitrogen and oxygen atoms in total. The van der Waals surface area contributed by atoms with Gasteiger partial charge in [-0.2, -0.15) is 0 Å². The largest absolute Gasteiger partial charge is 0.273 e. The topological polar surface area (TPSA) is 12.4 Å². The van der Waals surface area contributed by atoms with Gasteiger partial charge < -0.3 is 0 Å². The van der Waals surface area contributed by atoms with Crippen molar-refractivity contribution in [1.82, 2.24) is 0 Å². The minimum atomic E-state index is -1.38. The monoisotopic (exact) mass is 173 g/mol. The molecule has 0 aliphatic heterocycles. The van der Waals surface area contributed by atoms with Crippen LogP contribution in [0.3, 0.4) is 0 Å². The van der Waals surface area contributed by atoms with Crippen molar-refractivity contribution in [1.29, 1.82) is 0 Å². The van der Waals surface area contributed by atoms with Crippen molar-refractivity contribution >= 4 is 28.9 Å². The number of halogens is 2. The summed E-state index contributed by atoms with van der Waals surface area (Å²) in [6, 6.07) is 0.332. The molecule has 4 heteroatoms. The number of nitrogens with zero attached hydrogens (tertiary/aromatic N) is 1. The highest BCUT2D eigenvalue weighted by Crippen LogP contribution is 2.37. The van der Waals surface area contributed by atoms with Gasteiger partial charge in [0.05, 0.1) is 0 Å². The van der Waals surface area contributed by atoms with Gasteiger partial charge in [-0.3, -0.25) is 4.74 Å². The summed E-state index contributed by atoms with van der Waals surface area (Å²) in [5, 5.41) is 0. The van der Waals surface area contributed by atoms with Crippen LogP contribution in [0.5, 0.6) is 0 Å². The van der Waals surface area contributed by atoms with Crippen LogP contribution < -0.4 is 0 Å². The lowest BCUT2D eigenvalue weighted by Gasteiger charge is -1.98. The maximum atomic E-state index is 5.45. The van der Waals surface area contributed by atoms with E-state index in [1.165, 1.54) is 0 Å². The Balaban J connectivity index is 3.51. The van der Waals surface area contributed by atoms with Gasteiger partial charge in [-0.25, -0.2) is 0 Å². The second-order valence-corrected chi connectivity index (χ2v) is 5.09. The lowest BCUT2D eigenvalue weighted by Crippen LogP contribution is -1.89. The molecule has 50 valence electrons. The van der Waals surface area contributed by atoms with Crippen LogP contribution in [0, 0.1) is 0 Å². The Morgan fingerprint density at radius 2 is 2.12 bits per heavy atom. The summed E-state index contributed by atoms with van der Waals surface area (Å²) < 4.78 is 4.03. The van der Waals surface area contributed by atoms with E-state index in [-0.39, 0.29) is 0 Å². The first kappa shape index (κ1) is 8.81. The molecule has 0 aliphatic carbocycles. The molecule has 0 amide bonds. The number of rotatable bonds is 2. The van der Waals surface area contributed by atoms with E-state index in [4.69, 9.17) is 22.5 Å². The first-order chi connectivity index (χ1) is 3.66. The second kappa shape index (κ2) is 4.67. The van der Waals surface area contributed by atoms with Crippen molar-refractivity contribution in [3.8, 4) is 0 Å². The van der Waals surface area contributed by atoms with Gasteiger partial charge in [-0.15, -0.1) is 0 Å². The van der Waals surface area contributed by atoms with Crippen molar-refractivity contribution in [3.05, 3.63) is 0 Å². The third-order valence-electron chi connectivity index (χ3n) is 0.909. The highest BCUT2D eigenvalue weighted by molar-refractivity contribution is 7.96. The second-order valence-electron chi connectivity index (χ2n) is 1.63. The van der Waals surface area contributed by atoms with Crippen LogP contribution in [0.1, 0.15) is 20.3 Å². The fraction of sp³-hybridized carbons (Fsp3) is 1.00. The van der Waals surface area contributed by atoms with Gasteiger partial charge in [0.25, 0.3) is 0 Å². The predicted molar refractivity (Wildman–Crippen MR) is 42.2 cm³/mol. The van der Waals surface area contributed by atoms with Crippen molar-refractivity contribution in [2.24, 2.45) is 4.74 Å². The minimum Gasteiger partial charge on any atom is -0.273 e. The highest BCUT2D eigenvalue weighted by atomic mass is 35.9. The van der Waals surface area contributed by atoms with Gasteiger partial charge in [0.1, 0.15) is 6.42 Å².